The Morgan fingerprint density at radius 1 is 1.11 bits per heavy atom. The molecule has 0 spiro atoms. The number of hydrogen-bond donors (Lipinski definition) is 2. The Kier molecular flexibility index (Phi) is 10.3. The van der Waals surface area contributed by atoms with E-state index in [0.717, 1.165) is 10.8 Å². The topological polar surface area (TPSA) is 106 Å². The van der Waals surface area contributed by atoms with Crippen LogP contribution in [0.25, 0.3) is 15.7 Å². The number of alkyl halides is 3. The highest BCUT2D eigenvalue weighted by Crippen LogP contribution is 2.32. The molecule has 4 rings (SSSR count). The molecule has 0 atom stereocenters. The van der Waals surface area contributed by atoms with Crippen molar-refractivity contribution in [1.29, 1.82) is 0 Å². The molecule has 1 saturated heterocycles. The first-order valence-electron chi connectivity index (χ1n) is 14.5. The summed E-state index contributed by atoms with van der Waals surface area (Å²) in [7, 11) is -3.52. The molecule has 2 aromatic carbocycles. The average Bonchev–Trinajstić information content (AvgIpc) is 3.30. The van der Waals surface area contributed by atoms with Crippen molar-refractivity contribution >= 4 is 38.2 Å². The highest BCUT2D eigenvalue weighted by atomic mass is 32.2. The lowest BCUT2D eigenvalue weighted by Crippen LogP contribution is -2.44. The van der Waals surface area contributed by atoms with E-state index in [-0.39, 0.29) is 41.7 Å². The minimum absolute atomic E-state index is 0.00146. The largest absolute Gasteiger partial charge is 0.444 e. The van der Waals surface area contributed by atoms with E-state index in [9.17, 15) is 26.4 Å². The van der Waals surface area contributed by atoms with Crippen LogP contribution in [0.1, 0.15) is 39.3 Å². The molecule has 1 aliphatic rings. The van der Waals surface area contributed by atoms with Crippen molar-refractivity contribution < 1.29 is 35.9 Å². The Morgan fingerprint density at radius 2 is 1.83 bits per heavy atom. The summed E-state index contributed by atoms with van der Waals surface area (Å²) in [6.45, 7) is 11.8. The predicted molar refractivity (Wildman–Crippen MR) is 169 cm³/mol. The minimum atomic E-state index is -4.49. The van der Waals surface area contributed by atoms with Crippen LogP contribution in [0.4, 0.5) is 29.3 Å². The van der Waals surface area contributed by atoms with Crippen LogP contribution in [0.5, 0.6) is 5.75 Å². The molecule has 1 aromatic heterocycles. The van der Waals surface area contributed by atoms with Crippen LogP contribution in [-0.2, 0) is 21.1 Å². The number of fused-ring (bicyclic) bond motifs is 1. The molecule has 46 heavy (non-hydrogen) atoms. The summed E-state index contributed by atoms with van der Waals surface area (Å²) in [5.74, 6) is 5.82. The monoisotopic (exact) mass is 659 g/mol. The van der Waals surface area contributed by atoms with Crippen LogP contribution in [0, 0.1) is 18.4 Å². The van der Waals surface area contributed by atoms with Crippen LogP contribution in [-0.4, -0.2) is 74.4 Å². The molecular weight excluding hydrogens is 623 g/mol. The number of ether oxygens (including phenoxy) is 2. The van der Waals surface area contributed by atoms with Gasteiger partial charge in [0.1, 0.15) is 12.1 Å². The lowest BCUT2D eigenvalue weighted by atomic mass is 10.0. The molecule has 1 amide bonds. The van der Waals surface area contributed by atoms with Crippen molar-refractivity contribution in [2.75, 3.05) is 43.3 Å². The highest BCUT2D eigenvalue weighted by molar-refractivity contribution is 7.90. The Bertz CT molecular complexity index is 1790. The van der Waals surface area contributed by atoms with Gasteiger partial charge in [0.05, 0.1) is 28.3 Å². The number of anilines is 2. The molecule has 0 saturated carbocycles. The lowest BCUT2D eigenvalue weighted by Gasteiger charge is -2.34. The summed E-state index contributed by atoms with van der Waals surface area (Å²) in [6.07, 6.45) is -2.52. The Morgan fingerprint density at radius 3 is 2.46 bits per heavy atom. The number of hydrogen-bond acceptors (Lipinski definition) is 7. The first kappa shape index (κ1) is 34.3. The van der Waals surface area contributed by atoms with Gasteiger partial charge >= 0.3 is 19.0 Å². The molecule has 14 heteroatoms. The molecule has 2 heterocycles. The highest BCUT2D eigenvalue weighted by Gasteiger charge is 2.31. The van der Waals surface area contributed by atoms with Crippen molar-refractivity contribution in [3.63, 3.8) is 0 Å². The Balaban J connectivity index is 1.54. The van der Waals surface area contributed by atoms with Crippen molar-refractivity contribution in [3.05, 3.63) is 59.6 Å². The molecular formula is C32H36F3N5O5S. The number of carbonyl (C=O) groups is 1. The van der Waals surface area contributed by atoms with Crippen LogP contribution >= 0.6 is 0 Å². The van der Waals surface area contributed by atoms with Crippen LogP contribution in [0.15, 0.2) is 47.4 Å². The number of aromatic nitrogens is 1. The summed E-state index contributed by atoms with van der Waals surface area (Å²) in [5, 5.41) is 7.02. The van der Waals surface area contributed by atoms with Crippen LogP contribution in [0.2, 0.25) is 0 Å². The van der Waals surface area contributed by atoms with Crippen molar-refractivity contribution in [3.8, 4) is 17.6 Å². The number of benzene rings is 2. The van der Waals surface area contributed by atoms with E-state index in [2.05, 4.69) is 27.3 Å². The molecule has 3 aromatic rings. The molecule has 2 N–H and O–H groups in total. The Labute approximate surface area is 266 Å². The zero-order chi connectivity index (χ0) is 33.7. The Hall–Kier alpha value is -4.56. The molecule has 10 nitrogen and oxygen atoms in total. The number of nitrogens with zero attached hydrogens (tertiary/aromatic N) is 3. The number of nitrogens with one attached hydrogen (secondary N) is 2. The molecule has 0 aliphatic carbocycles. The number of halogens is 3. The number of piperidine rings is 1. The number of sulfone groups is 1. The second kappa shape index (κ2) is 13.8. The summed E-state index contributed by atoms with van der Waals surface area (Å²) in [6, 6.07) is 10.9. The van der Waals surface area contributed by atoms with E-state index in [1.165, 1.54) is 18.2 Å². The zero-order valence-corrected chi connectivity index (χ0v) is 26.8. The van der Waals surface area contributed by atoms with Gasteiger partial charge in [0.2, 0.25) is 0 Å². The fourth-order valence-corrected chi connectivity index (χ4v) is 5.63. The number of carbonyl (C=O) groups excluding carboxylic acids is 1. The molecule has 0 bridgehead atoms. The maximum absolute atomic E-state index is 13.7. The molecule has 1 fully saturated rings. The minimum Gasteiger partial charge on any atom is -0.444 e. The van der Waals surface area contributed by atoms with E-state index in [0.29, 0.717) is 48.2 Å². The SMILES string of the molecule is [C-]#[N+]COc1cc(S(C)(=O)=O)ccc1NCC#Cc1cc2c(NC3CCN(C(=O)OC(C)(C)C)CC3)cccc2n1CC(F)(F)F. The standard InChI is InChI=1S/C32H36F3N5O5S/c1-31(2,3)45-30(41)39-16-13-22(14-17-39)38-26-9-6-10-28-25(26)18-23(40(28)20-32(33,34)35)8-7-15-37-27-12-11-24(46(5,42)43)19-29(27)44-21-36-4/h6,9-12,18-19,22,37-38H,13-17,20-21H2,1-3,5H3. The van der Waals surface area contributed by atoms with Gasteiger partial charge in [-0.2, -0.15) is 13.2 Å². The zero-order valence-electron chi connectivity index (χ0n) is 26.0. The van der Waals surface area contributed by atoms with Gasteiger partial charge in [-0.15, -0.1) is 0 Å². The number of amides is 1. The fourth-order valence-electron chi connectivity index (χ4n) is 4.99. The van der Waals surface area contributed by atoms with E-state index in [4.69, 9.17) is 16.0 Å². The smallest absolute Gasteiger partial charge is 0.410 e. The van der Waals surface area contributed by atoms with Gasteiger partial charge in [0, 0.05) is 42.5 Å². The van der Waals surface area contributed by atoms with Crippen molar-refractivity contribution in [2.45, 2.75) is 62.9 Å². The average molecular weight is 660 g/mol. The third kappa shape index (κ3) is 9.23. The normalized spacial score (nSPS) is 14.3. The second-order valence-corrected chi connectivity index (χ2v) is 13.9. The van der Waals surface area contributed by atoms with Gasteiger partial charge in [0.25, 0.3) is 0 Å². The number of rotatable bonds is 8. The van der Waals surface area contributed by atoms with Gasteiger partial charge in [0.15, 0.2) is 15.6 Å². The molecule has 246 valence electrons. The van der Waals surface area contributed by atoms with Gasteiger partial charge in [-0.25, -0.2) is 19.8 Å². The second-order valence-electron chi connectivity index (χ2n) is 11.9. The van der Waals surface area contributed by atoms with Gasteiger partial charge in [-0.05, 0) is 69.9 Å². The van der Waals surface area contributed by atoms with Crippen LogP contribution < -0.4 is 15.4 Å². The third-order valence-electron chi connectivity index (χ3n) is 7.04. The van der Waals surface area contributed by atoms with Crippen molar-refractivity contribution in [2.24, 2.45) is 0 Å². The van der Waals surface area contributed by atoms with E-state index >= 15 is 0 Å². The fraction of sp³-hybridized carbons (Fsp3) is 0.438. The maximum Gasteiger partial charge on any atom is 0.410 e. The summed E-state index contributed by atoms with van der Waals surface area (Å²) in [4.78, 5) is 17.2. The lowest BCUT2D eigenvalue weighted by molar-refractivity contribution is -0.140. The molecule has 0 unspecified atom stereocenters. The summed E-state index contributed by atoms with van der Waals surface area (Å²) in [5.41, 5.74) is 0.995. The first-order valence-corrected chi connectivity index (χ1v) is 16.4. The number of likely N-dealkylation sites (tertiary alicyclic amines) is 1. The van der Waals surface area contributed by atoms with Gasteiger partial charge in [-0.3, -0.25) is 4.85 Å². The first-order chi connectivity index (χ1) is 21.5. The quantitative estimate of drug-likeness (QED) is 0.221. The van der Waals surface area contributed by atoms with Crippen LogP contribution in [0.3, 0.4) is 0 Å². The van der Waals surface area contributed by atoms with Gasteiger partial charge in [-0.1, -0.05) is 12.0 Å². The molecule has 0 radical (unpaired) electrons. The van der Waals surface area contributed by atoms with E-state index < -0.39 is 28.2 Å². The summed E-state index contributed by atoms with van der Waals surface area (Å²) >= 11 is 0. The van der Waals surface area contributed by atoms with Crippen molar-refractivity contribution in [1.82, 2.24) is 9.47 Å². The molecule has 1 aliphatic heterocycles. The predicted octanol–water partition coefficient (Wildman–Crippen LogP) is 6.14. The third-order valence-corrected chi connectivity index (χ3v) is 8.15. The van der Waals surface area contributed by atoms with E-state index in [1.54, 1.807) is 23.1 Å². The van der Waals surface area contributed by atoms with E-state index in [1.807, 2.05) is 26.8 Å². The summed E-state index contributed by atoms with van der Waals surface area (Å²) < 4.78 is 76.8. The maximum atomic E-state index is 13.7. The van der Waals surface area contributed by atoms with Gasteiger partial charge < -0.3 is 29.6 Å².